The highest BCUT2D eigenvalue weighted by atomic mass is 16.5. The first-order valence-corrected chi connectivity index (χ1v) is 9.19. The minimum atomic E-state index is -0.256. The van der Waals surface area contributed by atoms with E-state index < -0.39 is 0 Å². The summed E-state index contributed by atoms with van der Waals surface area (Å²) in [5.74, 6) is 0.874. The number of ether oxygens (including phenoxy) is 1. The molecule has 3 rings (SSSR count). The van der Waals surface area contributed by atoms with E-state index in [-0.39, 0.29) is 17.5 Å². The van der Waals surface area contributed by atoms with E-state index >= 15 is 0 Å². The van der Waals surface area contributed by atoms with Crippen LogP contribution in [0.5, 0.6) is 5.75 Å². The van der Waals surface area contributed by atoms with Crippen molar-refractivity contribution >= 4 is 17.6 Å². The Morgan fingerprint density at radius 3 is 2.96 bits per heavy atom. The monoisotopic (exact) mass is 357 g/mol. The van der Waals surface area contributed by atoms with Crippen molar-refractivity contribution in [2.75, 3.05) is 32.1 Å². The maximum atomic E-state index is 12.8. The third-order valence-corrected chi connectivity index (χ3v) is 5.38. The van der Waals surface area contributed by atoms with Gasteiger partial charge in [-0.25, -0.2) is 4.79 Å². The second kappa shape index (κ2) is 7.81. The lowest BCUT2D eigenvalue weighted by Gasteiger charge is -2.51. The number of rotatable bonds is 4. The number of nitrogens with one attached hydrogen (secondary N) is 1. The van der Waals surface area contributed by atoms with Gasteiger partial charge in [0.1, 0.15) is 5.75 Å². The second-order valence-corrected chi connectivity index (χ2v) is 7.06. The molecule has 1 aromatic carbocycles. The number of hydrogen-bond donors (Lipinski definition) is 1. The number of carbonyl (C=O) groups excluding carboxylic acids is 2. The van der Waals surface area contributed by atoms with E-state index in [2.05, 4.69) is 11.9 Å². The Balaban J connectivity index is 1.73. The van der Waals surface area contributed by atoms with Gasteiger partial charge in [0.2, 0.25) is 5.91 Å². The van der Waals surface area contributed by atoms with Crippen molar-refractivity contribution in [3.63, 3.8) is 0 Å². The summed E-state index contributed by atoms with van der Waals surface area (Å²) in [6.07, 6.45) is 6.03. The van der Waals surface area contributed by atoms with Gasteiger partial charge in [0, 0.05) is 37.8 Å². The highest BCUT2D eigenvalue weighted by Gasteiger charge is 2.45. The Bertz CT molecular complexity index is 687. The van der Waals surface area contributed by atoms with Crippen molar-refractivity contribution in [1.29, 1.82) is 0 Å². The number of methoxy groups -OCH3 is 1. The molecule has 2 fully saturated rings. The first-order chi connectivity index (χ1) is 12.6. The molecule has 1 N–H and O–H groups in total. The summed E-state index contributed by atoms with van der Waals surface area (Å²) in [6.45, 7) is 5.61. The van der Waals surface area contributed by atoms with Gasteiger partial charge < -0.3 is 19.9 Å². The molecule has 1 unspecified atom stereocenters. The van der Waals surface area contributed by atoms with E-state index in [4.69, 9.17) is 4.74 Å². The van der Waals surface area contributed by atoms with Crippen LogP contribution in [0.2, 0.25) is 0 Å². The van der Waals surface area contributed by atoms with Gasteiger partial charge in [-0.05, 0) is 37.8 Å². The summed E-state index contributed by atoms with van der Waals surface area (Å²) >= 11 is 0. The minimum Gasteiger partial charge on any atom is -0.497 e. The Morgan fingerprint density at radius 2 is 2.19 bits per heavy atom. The molecular weight excluding hydrogens is 330 g/mol. The average Bonchev–Trinajstić information content (AvgIpc) is 2.65. The highest BCUT2D eigenvalue weighted by molar-refractivity contribution is 5.89. The van der Waals surface area contributed by atoms with Gasteiger partial charge >= 0.3 is 6.03 Å². The standard InChI is InChI=1S/C20H27N3O3/c1-3-12-23-18(24)9-5-10-20(23)11-6-13-22(15-20)19(25)21-16-7-4-8-17(14-16)26-2/h3-4,7-8,14H,1,5-6,9-13,15H2,2H3,(H,21,25). The molecule has 2 saturated heterocycles. The van der Waals surface area contributed by atoms with Crippen LogP contribution in [0.3, 0.4) is 0 Å². The summed E-state index contributed by atoms with van der Waals surface area (Å²) in [7, 11) is 1.60. The Hall–Kier alpha value is -2.50. The van der Waals surface area contributed by atoms with Crippen molar-refractivity contribution in [3.05, 3.63) is 36.9 Å². The number of carbonyl (C=O) groups is 2. The van der Waals surface area contributed by atoms with Crippen LogP contribution in [0.1, 0.15) is 32.1 Å². The van der Waals surface area contributed by atoms with Crippen LogP contribution in [0, 0.1) is 0 Å². The number of anilines is 1. The molecule has 26 heavy (non-hydrogen) atoms. The Morgan fingerprint density at radius 1 is 1.38 bits per heavy atom. The zero-order valence-corrected chi connectivity index (χ0v) is 15.4. The Labute approximate surface area is 154 Å². The van der Waals surface area contributed by atoms with E-state index in [1.807, 2.05) is 28.0 Å². The van der Waals surface area contributed by atoms with E-state index in [0.717, 1.165) is 25.7 Å². The number of likely N-dealkylation sites (tertiary alicyclic amines) is 2. The molecule has 6 nitrogen and oxygen atoms in total. The van der Waals surface area contributed by atoms with Gasteiger partial charge in [0.05, 0.1) is 12.6 Å². The number of benzene rings is 1. The lowest BCUT2D eigenvalue weighted by molar-refractivity contribution is -0.143. The van der Waals surface area contributed by atoms with Gasteiger partial charge in [-0.1, -0.05) is 12.1 Å². The number of amides is 3. The molecule has 1 atom stereocenters. The van der Waals surface area contributed by atoms with Crippen LogP contribution >= 0.6 is 0 Å². The predicted molar refractivity (Wildman–Crippen MR) is 101 cm³/mol. The van der Waals surface area contributed by atoms with Gasteiger partial charge in [0.15, 0.2) is 0 Å². The number of nitrogens with zero attached hydrogens (tertiary/aromatic N) is 2. The van der Waals surface area contributed by atoms with E-state index in [1.54, 1.807) is 19.3 Å². The molecule has 2 aliphatic rings. The Kier molecular flexibility index (Phi) is 5.49. The summed E-state index contributed by atoms with van der Waals surface area (Å²) in [5.41, 5.74) is 0.449. The van der Waals surface area contributed by atoms with E-state index in [9.17, 15) is 9.59 Å². The molecule has 0 radical (unpaired) electrons. The maximum Gasteiger partial charge on any atom is 0.321 e. The van der Waals surface area contributed by atoms with Gasteiger partial charge in [-0.15, -0.1) is 6.58 Å². The number of piperidine rings is 2. The minimum absolute atomic E-state index is 0.131. The molecular formula is C20H27N3O3. The fourth-order valence-electron chi connectivity index (χ4n) is 4.14. The topological polar surface area (TPSA) is 61.9 Å². The third-order valence-electron chi connectivity index (χ3n) is 5.38. The fourth-order valence-corrected chi connectivity index (χ4v) is 4.14. The van der Waals surface area contributed by atoms with Crippen LogP contribution in [-0.4, -0.2) is 54.0 Å². The van der Waals surface area contributed by atoms with Crippen LogP contribution in [-0.2, 0) is 4.79 Å². The second-order valence-electron chi connectivity index (χ2n) is 7.06. The molecule has 6 heteroatoms. The molecule has 1 spiro atoms. The largest absolute Gasteiger partial charge is 0.497 e. The molecule has 0 saturated carbocycles. The van der Waals surface area contributed by atoms with Crippen LogP contribution in [0.15, 0.2) is 36.9 Å². The zero-order valence-electron chi connectivity index (χ0n) is 15.4. The lowest BCUT2D eigenvalue weighted by atomic mass is 9.79. The number of hydrogen-bond acceptors (Lipinski definition) is 3. The molecule has 1 aromatic rings. The maximum absolute atomic E-state index is 12.8. The molecule has 3 amide bonds. The number of urea groups is 1. The van der Waals surface area contributed by atoms with Crippen LogP contribution in [0.4, 0.5) is 10.5 Å². The summed E-state index contributed by atoms with van der Waals surface area (Å²) in [5, 5.41) is 2.95. The molecule has 2 aliphatic heterocycles. The van der Waals surface area contributed by atoms with E-state index in [0.29, 0.717) is 37.5 Å². The first-order valence-electron chi connectivity index (χ1n) is 9.19. The fraction of sp³-hybridized carbons (Fsp3) is 0.500. The quantitative estimate of drug-likeness (QED) is 0.842. The average molecular weight is 357 g/mol. The zero-order chi connectivity index (χ0) is 18.6. The van der Waals surface area contributed by atoms with Crippen molar-refractivity contribution in [1.82, 2.24) is 9.80 Å². The van der Waals surface area contributed by atoms with Crippen molar-refractivity contribution < 1.29 is 14.3 Å². The predicted octanol–water partition coefficient (Wildman–Crippen LogP) is 3.26. The van der Waals surface area contributed by atoms with E-state index in [1.165, 1.54) is 0 Å². The summed E-state index contributed by atoms with van der Waals surface area (Å²) in [6, 6.07) is 7.19. The van der Waals surface area contributed by atoms with Crippen LogP contribution in [0.25, 0.3) is 0 Å². The van der Waals surface area contributed by atoms with Crippen molar-refractivity contribution in [2.45, 2.75) is 37.6 Å². The highest BCUT2D eigenvalue weighted by Crippen LogP contribution is 2.36. The normalized spacial score (nSPS) is 23.0. The molecule has 0 aromatic heterocycles. The van der Waals surface area contributed by atoms with Crippen molar-refractivity contribution in [2.24, 2.45) is 0 Å². The lowest BCUT2D eigenvalue weighted by Crippen LogP contribution is -2.63. The molecule has 0 bridgehead atoms. The SMILES string of the molecule is C=CCN1C(=O)CCCC12CCCN(C(=O)Nc1cccc(OC)c1)C2. The van der Waals surface area contributed by atoms with Crippen molar-refractivity contribution in [3.8, 4) is 5.75 Å². The molecule has 0 aliphatic carbocycles. The molecule has 140 valence electrons. The first kappa shape index (κ1) is 18.3. The van der Waals surface area contributed by atoms with Gasteiger partial charge in [0.25, 0.3) is 0 Å². The summed E-state index contributed by atoms with van der Waals surface area (Å²) < 4.78 is 5.21. The third kappa shape index (κ3) is 3.69. The molecule has 2 heterocycles. The summed E-state index contributed by atoms with van der Waals surface area (Å²) in [4.78, 5) is 29.0. The smallest absolute Gasteiger partial charge is 0.321 e. The van der Waals surface area contributed by atoms with Crippen LogP contribution < -0.4 is 10.1 Å². The van der Waals surface area contributed by atoms with Gasteiger partial charge in [-0.2, -0.15) is 0 Å². The van der Waals surface area contributed by atoms with Gasteiger partial charge in [-0.3, -0.25) is 4.79 Å².